The molecular formula is C24H28Cl2N2O6. The number of aliphatic hydroxyl groups is 1. The first-order valence-corrected chi connectivity index (χ1v) is 11.8. The van der Waals surface area contributed by atoms with Gasteiger partial charge in [-0.1, -0.05) is 35.3 Å². The van der Waals surface area contributed by atoms with Gasteiger partial charge in [-0.15, -0.1) is 0 Å². The number of anilines is 1. The third kappa shape index (κ3) is 8.36. The van der Waals surface area contributed by atoms with Crippen LogP contribution in [0.25, 0.3) is 0 Å². The maximum atomic E-state index is 11.9. The number of carboxylic acid groups (broad SMARTS) is 1. The van der Waals surface area contributed by atoms with E-state index in [1.807, 2.05) is 0 Å². The van der Waals surface area contributed by atoms with Crippen molar-refractivity contribution in [2.45, 2.75) is 37.9 Å². The second-order valence-corrected chi connectivity index (χ2v) is 8.91. The molecule has 34 heavy (non-hydrogen) atoms. The number of rotatable bonds is 11. The molecule has 0 bridgehead atoms. The van der Waals surface area contributed by atoms with Crippen LogP contribution in [0, 0.1) is 0 Å². The van der Waals surface area contributed by atoms with Crippen molar-refractivity contribution in [1.82, 2.24) is 4.90 Å². The molecule has 1 heterocycles. The first kappa shape index (κ1) is 26.1. The number of β-amino-alcohol motifs (C(OH)–C–C–N with tert-alkyl or cyclic N) is 1. The number of aliphatic hydroxyl groups excluding tert-OH is 1. The number of nitrogens with zero attached hydrogens (tertiary/aromatic N) is 1. The molecule has 1 unspecified atom stereocenters. The summed E-state index contributed by atoms with van der Waals surface area (Å²) in [7, 11) is 0. The summed E-state index contributed by atoms with van der Waals surface area (Å²) in [5.41, 5.74) is 0.436. The molecule has 0 spiro atoms. The fourth-order valence-corrected chi connectivity index (χ4v) is 3.91. The summed E-state index contributed by atoms with van der Waals surface area (Å²) in [6.07, 6.45) is 0.611. The highest BCUT2D eigenvalue weighted by Crippen LogP contribution is 2.28. The number of hydrogen-bond acceptors (Lipinski definition) is 6. The molecule has 1 saturated heterocycles. The molecule has 0 aromatic heterocycles. The molecule has 2 aromatic rings. The number of para-hydroxylation sites is 2. The van der Waals surface area contributed by atoms with Crippen LogP contribution >= 0.6 is 23.2 Å². The van der Waals surface area contributed by atoms with E-state index in [0.29, 0.717) is 33.8 Å². The maximum Gasteiger partial charge on any atom is 0.303 e. The normalized spacial score (nSPS) is 15.5. The summed E-state index contributed by atoms with van der Waals surface area (Å²) in [6.45, 7) is 2.06. The Bertz CT molecular complexity index is 982. The Balaban J connectivity index is 1.41. The first-order chi connectivity index (χ1) is 16.3. The van der Waals surface area contributed by atoms with E-state index >= 15 is 0 Å². The quantitative estimate of drug-likeness (QED) is 0.417. The number of carboxylic acids is 1. The molecule has 3 rings (SSSR count). The van der Waals surface area contributed by atoms with Crippen molar-refractivity contribution in [1.29, 1.82) is 0 Å². The molecule has 10 heteroatoms. The molecular weight excluding hydrogens is 483 g/mol. The standard InChI is InChI=1S/C24H28Cl2N2O6/c25-19-6-5-18(13-20(19)26)34-17-9-11-28(12-10-17)14-16(29)15-33-22-4-2-1-3-21(22)27-23(30)7-8-24(31)32/h1-6,13,16-17,29H,7-12,14-15H2,(H,27,30)(H,31,32). The zero-order chi connectivity index (χ0) is 24.5. The van der Waals surface area contributed by atoms with Crippen molar-refractivity contribution in [2.75, 3.05) is 31.6 Å². The van der Waals surface area contributed by atoms with E-state index in [1.54, 1.807) is 42.5 Å². The topological polar surface area (TPSA) is 108 Å². The van der Waals surface area contributed by atoms with Crippen LogP contribution in [0.3, 0.4) is 0 Å². The molecule has 0 radical (unpaired) electrons. The highest BCUT2D eigenvalue weighted by Gasteiger charge is 2.23. The minimum atomic E-state index is -1.03. The van der Waals surface area contributed by atoms with Gasteiger partial charge in [-0.25, -0.2) is 0 Å². The highest BCUT2D eigenvalue weighted by atomic mass is 35.5. The van der Waals surface area contributed by atoms with Gasteiger partial charge in [0.05, 0.1) is 22.2 Å². The molecule has 0 saturated carbocycles. The largest absolute Gasteiger partial charge is 0.490 e. The molecule has 1 amide bonds. The van der Waals surface area contributed by atoms with E-state index < -0.39 is 18.0 Å². The van der Waals surface area contributed by atoms with E-state index in [1.165, 1.54) is 0 Å². The summed E-state index contributed by atoms with van der Waals surface area (Å²) in [6, 6.07) is 12.1. The number of hydrogen-bond donors (Lipinski definition) is 3. The number of carbonyl (C=O) groups is 2. The van der Waals surface area contributed by atoms with Crippen LogP contribution in [0.2, 0.25) is 10.0 Å². The fraction of sp³-hybridized carbons (Fsp3) is 0.417. The Morgan fingerprint density at radius 1 is 1.09 bits per heavy atom. The number of aliphatic carboxylic acids is 1. The van der Waals surface area contributed by atoms with Gasteiger partial charge in [0.25, 0.3) is 0 Å². The van der Waals surface area contributed by atoms with Gasteiger partial charge >= 0.3 is 5.97 Å². The van der Waals surface area contributed by atoms with E-state index in [-0.39, 0.29) is 25.6 Å². The van der Waals surface area contributed by atoms with E-state index in [9.17, 15) is 14.7 Å². The average Bonchev–Trinajstić information content (AvgIpc) is 2.81. The Hall–Kier alpha value is -2.52. The molecule has 0 aliphatic carbocycles. The van der Waals surface area contributed by atoms with Crippen LogP contribution in [0.15, 0.2) is 42.5 Å². The predicted molar refractivity (Wildman–Crippen MR) is 130 cm³/mol. The van der Waals surface area contributed by atoms with Gasteiger partial charge in [-0.3, -0.25) is 9.59 Å². The SMILES string of the molecule is O=C(O)CCC(=O)Nc1ccccc1OCC(O)CN1CCC(Oc2ccc(Cl)c(Cl)c2)CC1. The number of amides is 1. The Morgan fingerprint density at radius 2 is 1.82 bits per heavy atom. The molecule has 2 aromatic carbocycles. The highest BCUT2D eigenvalue weighted by molar-refractivity contribution is 6.42. The van der Waals surface area contributed by atoms with Gasteiger partial charge in [0.1, 0.15) is 30.3 Å². The second kappa shape index (κ2) is 12.8. The van der Waals surface area contributed by atoms with Crippen molar-refractivity contribution in [3.8, 4) is 11.5 Å². The third-order valence-corrected chi connectivity index (χ3v) is 6.09. The zero-order valence-electron chi connectivity index (χ0n) is 18.6. The van der Waals surface area contributed by atoms with E-state index in [0.717, 1.165) is 25.9 Å². The summed E-state index contributed by atoms with van der Waals surface area (Å²) >= 11 is 12.0. The number of ether oxygens (including phenoxy) is 2. The molecule has 3 N–H and O–H groups in total. The number of nitrogens with one attached hydrogen (secondary N) is 1. The number of benzene rings is 2. The van der Waals surface area contributed by atoms with Crippen LogP contribution in [0.1, 0.15) is 25.7 Å². The van der Waals surface area contributed by atoms with Gasteiger partial charge in [0.2, 0.25) is 5.91 Å². The molecule has 1 atom stereocenters. The van der Waals surface area contributed by atoms with Gasteiger partial charge in [-0.2, -0.15) is 0 Å². The Morgan fingerprint density at radius 3 is 2.53 bits per heavy atom. The molecule has 1 aliphatic heterocycles. The minimum Gasteiger partial charge on any atom is -0.490 e. The lowest BCUT2D eigenvalue weighted by molar-refractivity contribution is -0.138. The summed E-state index contributed by atoms with van der Waals surface area (Å²) in [5, 5.41) is 22.8. The predicted octanol–water partition coefficient (Wildman–Crippen LogP) is 4.08. The van der Waals surface area contributed by atoms with Gasteiger partial charge in [0, 0.05) is 32.1 Å². The molecule has 1 fully saturated rings. The Labute approximate surface area is 208 Å². The van der Waals surface area contributed by atoms with Crippen molar-refractivity contribution < 1.29 is 29.3 Å². The van der Waals surface area contributed by atoms with E-state index in [4.69, 9.17) is 37.8 Å². The van der Waals surface area contributed by atoms with Crippen molar-refractivity contribution in [2.24, 2.45) is 0 Å². The number of likely N-dealkylation sites (tertiary alicyclic amines) is 1. The van der Waals surface area contributed by atoms with Crippen LogP contribution in [0.5, 0.6) is 11.5 Å². The van der Waals surface area contributed by atoms with Crippen molar-refractivity contribution in [3.63, 3.8) is 0 Å². The van der Waals surface area contributed by atoms with Gasteiger partial charge in [0.15, 0.2) is 0 Å². The van der Waals surface area contributed by atoms with Gasteiger partial charge < -0.3 is 29.9 Å². The molecule has 1 aliphatic rings. The molecule has 8 nitrogen and oxygen atoms in total. The second-order valence-electron chi connectivity index (χ2n) is 8.10. The van der Waals surface area contributed by atoms with Crippen LogP contribution in [-0.2, 0) is 9.59 Å². The average molecular weight is 511 g/mol. The maximum absolute atomic E-state index is 11.9. The summed E-state index contributed by atoms with van der Waals surface area (Å²) < 4.78 is 11.7. The minimum absolute atomic E-state index is 0.0573. The van der Waals surface area contributed by atoms with Crippen LogP contribution < -0.4 is 14.8 Å². The van der Waals surface area contributed by atoms with E-state index in [2.05, 4.69) is 10.2 Å². The fourth-order valence-electron chi connectivity index (χ4n) is 3.62. The lowest BCUT2D eigenvalue weighted by Crippen LogP contribution is -2.43. The number of piperidine rings is 1. The number of halogens is 2. The first-order valence-electron chi connectivity index (χ1n) is 11.1. The lowest BCUT2D eigenvalue weighted by atomic mass is 10.1. The van der Waals surface area contributed by atoms with Gasteiger partial charge in [-0.05, 0) is 37.1 Å². The smallest absolute Gasteiger partial charge is 0.303 e. The third-order valence-electron chi connectivity index (χ3n) is 5.36. The summed E-state index contributed by atoms with van der Waals surface area (Å²) in [5.74, 6) is -0.341. The zero-order valence-corrected chi connectivity index (χ0v) is 20.1. The number of carbonyl (C=O) groups excluding carboxylic acids is 1. The van der Waals surface area contributed by atoms with Crippen LogP contribution in [0.4, 0.5) is 5.69 Å². The lowest BCUT2D eigenvalue weighted by Gasteiger charge is -2.33. The van der Waals surface area contributed by atoms with Crippen molar-refractivity contribution >= 4 is 40.8 Å². The Kier molecular flexibility index (Phi) is 9.83. The van der Waals surface area contributed by atoms with Crippen molar-refractivity contribution in [3.05, 3.63) is 52.5 Å². The summed E-state index contributed by atoms with van der Waals surface area (Å²) in [4.78, 5) is 24.7. The monoisotopic (exact) mass is 510 g/mol. The molecule has 184 valence electrons. The van der Waals surface area contributed by atoms with Crippen LogP contribution in [-0.4, -0.2) is 65.4 Å².